The fourth-order valence-corrected chi connectivity index (χ4v) is 2.00. The molecule has 1 aromatic rings. The molecule has 0 heterocycles. The summed E-state index contributed by atoms with van der Waals surface area (Å²) in [4.78, 5) is 0. The Kier molecular flexibility index (Phi) is 2.49. The highest BCUT2D eigenvalue weighted by Crippen LogP contribution is 2.45. The van der Waals surface area contributed by atoms with Crippen LogP contribution in [-0.4, -0.2) is 0 Å². The van der Waals surface area contributed by atoms with E-state index in [1.54, 1.807) is 12.1 Å². The Labute approximate surface area is 87.1 Å². The molecule has 15 heavy (non-hydrogen) atoms. The lowest BCUT2D eigenvalue weighted by atomic mass is 9.92. The van der Waals surface area contributed by atoms with Crippen molar-refractivity contribution in [2.24, 2.45) is 5.92 Å². The van der Waals surface area contributed by atoms with E-state index in [0.717, 1.165) is 12.8 Å². The minimum atomic E-state index is -4.22. The molecule has 1 aromatic carbocycles. The minimum Gasteiger partial charge on any atom is -0.166 e. The summed E-state index contributed by atoms with van der Waals surface area (Å²) in [6.07, 6.45) is -2.10. The predicted molar refractivity (Wildman–Crippen MR) is 52.6 cm³/mol. The van der Waals surface area contributed by atoms with Crippen LogP contribution >= 0.6 is 0 Å². The van der Waals surface area contributed by atoms with Crippen molar-refractivity contribution in [2.75, 3.05) is 0 Å². The smallest absolute Gasteiger partial charge is 0.166 e. The molecule has 1 aliphatic carbocycles. The second-order valence-electron chi connectivity index (χ2n) is 4.21. The molecule has 0 aliphatic heterocycles. The second-order valence-corrected chi connectivity index (χ2v) is 4.21. The van der Waals surface area contributed by atoms with E-state index in [9.17, 15) is 13.2 Å². The number of rotatable bonds is 2. The molecule has 0 bridgehead atoms. The van der Waals surface area contributed by atoms with E-state index in [4.69, 9.17) is 0 Å². The van der Waals surface area contributed by atoms with E-state index in [1.165, 1.54) is 12.1 Å². The monoisotopic (exact) mass is 214 g/mol. The van der Waals surface area contributed by atoms with Crippen molar-refractivity contribution < 1.29 is 13.2 Å². The molecule has 1 atom stereocenters. The summed E-state index contributed by atoms with van der Waals surface area (Å²) < 4.78 is 38.1. The van der Waals surface area contributed by atoms with Crippen LogP contribution in [0.5, 0.6) is 0 Å². The van der Waals surface area contributed by atoms with E-state index in [-0.39, 0.29) is 5.92 Å². The zero-order valence-electron chi connectivity index (χ0n) is 8.51. The molecule has 1 fully saturated rings. The maximum absolute atomic E-state index is 12.7. The number of hydrogen-bond acceptors (Lipinski definition) is 0. The van der Waals surface area contributed by atoms with Gasteiger partial charge in [0.1, 0.15) is 0 Å². The predicted octanol–water partition coefficient (Wildman–Crippen LogP) is 4.22. The summed E-state index contributed by atoms with van der Waals surface area (Å²) in [6, 6.07) is 5.91. The first kappa shape index (κ1) is 10.5. The van der Waals surface area contributed by atoms with E-state index in [0.29, 0.717) is 11.5 Å². The third kappa shape index (κ3) is 2.16. The number of benzene rings is 1. The summed E-state index contributed by atoms with van der Waals surface area (Å²) in [6.45, 7) is 1.89. The summed E-state index contributed by atoms with van der Waals surface area (Å²) >= 11 is 0. The zero-order chi connectivity index (χ0) is 11.1. The molecule has 0 aromatic heterocycles. The SMILES string of the molecule is CC(c1ccccc1C(F)(F)F)C1CC1. The molecule has 0 saturated heterocycles. The molecule has 0 N–H and O–H groups in total. The Morgan fingerprint density at radius 2 is 1.80 bits per heavy atom. The van der Waals surface area contributed by atoms with Crippen molar-refractivity contribution in [3.05, 3.63) is 35.4 Å². The fraction of sp³-hybridized carbons (Fsp3) is 0.500. The van der Waals surface area contributed by atoms with Gasteiger partial charge in [0.05, 0.1) is 5.56 Å². The standard InChI is InChI=1S/C12H13F3/c1-8(9-6-7-9)10-4-2-3-5-11(10)12(13,14)15/h2-5,8-9H,6-7H2,1H3. The second kappa shape index (κ2) is 3.54. The van der Waals surface area contributed by atoms with Crippen LogP contribution in [0.2, 0.25) is 0 Å². The molecule has 1 saturated carbocycles. The van der Waals surface area contributed by atoms with Gasteiger partial charge in [0.25, 0.3) is 0 Å². The molecule has 82 valence electrons. The lowest BCUT2D eigenvalue weighted by molar-refractivity contribution is -0.138. The van der Waals surface area contributed by atoms with Crippen LogP contribution in [0.15, 0.2) is 24.3 Å². The van der Waals surface area contributed by atoms with Gasteiger partial charge in [-0.05, 0) is 36.3 Å². The van der Waals surface area contributed by atoms with Crippen molar-refractivity contribution in [2.45, 2.75) is 31.9 Å². The summed E-state index contributed by atoms with van der Waals surface area (Å²) in [5, 5.41) is 0. The van der Waals surface area contributed by atoms with Crippen molar-refractivity contribution in [1.29, 1.82) is 0 Å². The van der Waals surface area contributed by atoms with Gasteiger partial charge in [0.2, 0.25) is 0 Å². The molecule has 0 radical (unpaired) electrons. The lowest BCUT2D eigenvalue weighted by Crippen LogP contribution is -2.11. The first-order chi connectivity index (χ1) is 7.00. The molecular formula is C12H13F3. The highest BCUT2D eigenvalue weighted by Gasteiger charge is 2.37. The minimum absolute atomic E-state index is 0.0304. The largest absolute Gasteiger partial charge is 0.416 e. The Morgan fingerprint density at radius 1 is 1.20 bits per heavy atom. The number of halogens is 3. The van der Waals surface area contributed by atoms with Crippen molar-refractivity contribution in [3.63, 3.8) is 0 Å². The van der Waals surface area contributed by atoms with Crippen LogP contribution in [-0.2, 0) is 6.18 Å². The third-order valence-corrected chi connectivity index (χ3v) is 3.09. The first-order valence-electron chi connectivity index (χ1n) is 5.16. The average Bonchev–Trinajstić information content (AvgIpc) is 2.98. The first-order valence-corrected chi connectivity index (χ1v) is 5.16. The molecule has 0 amide bonds. The van der Waals surface area contributed by atoms with E-state index in [1.807, 2.05) is 6.92 Å². The lowest BCUT2D eigenvalue weighted by Gasteiger charge is -2.17. The molecule has 1 aliphatic rings. The highest BCUT2D eigenvalue weighted by molar-refractivity contribution is 5.33. The molecule has 0 nitrogen and oxygen atoms in total. The number of alkyl halides is 3. The highest BCUT2D eigenvalue weighted by atomic mass is 19.4. The Balaban J connectivity index is 2.37. The summed E-state index contributed by atoms with van der Waals surface area (Å²) in [5.41, 5.74) is -0.0168. The normalized spacial score (nSPS) is 18.9. The van der Waals surface area contributed by atoms with Gasteiger partial charge in [-0.25, -0.2) is 0 Å². The maximum Gasteiger partial charge on any atom is 0.416 e. The van der Waals surface area contributed by atoms with Gasteiger partial charge in [0, 0.05) is 0 Å². The van der Waals surface area contributed by atoms with E-state index in [2.05, 4.69) is 0 Å². The van der Waals surface area contributed by atoms with E-state index >= 15 is 0 Å². The molecule has 2 rings (SSSR count). The molecular weight excluding hydrogens is 201 g/mol. The van der Waals surface area contributed by atoms with Gasteiger partial charge in [-0.2, -0.15) is 13.2 Å². The van der Waals surface area contributed by atoms with E-state index < -0.39 is 11.7 Å². The van der Waals surface area contributed by atoms with Gasteiger partial charge in [0.15, 0.2) is 0 Å². The van der Waals surface area contributed by atoms with Crippen LogP contribution in [0.4, 0.5) is 13.2 Å². The molecule has 3 heteroatoms. The Hall–Kier alpha value is -0.990. The Morgan fingerprint density at radius 3 is 2.33 bits per heavy atom. The van der Waals surface area contributed by atoms with Crippen LogP contribution in [0.3, 0.4) is 0 Å². The van der Waals surface area contributed by atoms with Gasteiger partial charge < -0.3 is 0 Å². The summed E-state index contributed by atoms with van der Waals surface area (Å²) in [5.74, 6) is 0.483. The van der Waals surface area contributed by atoms with Gasteiger partial charge in [-0.3, -0.25) is 0 Å². The zero-order valence-corrected chi connectivity index (χ0v) is 8.51. The van der Waals surface area contributed by atoms with Crippen LogP contribution < -0.4 is 0 Å². The van der Waals surface area contributed by atoms with Crippen molar-refractivity contribution in [1.82, 2.24) is 0 Å². The van der Waals surface area contributed by atoms with Gasteiger partial charge >= 0.3 is 6.18 Å². The van der Waals surface area contributed by atoms with Crippen molar-refractivity contribution in [3.8, 4) is 0 Å². The summed E-state index contributed by atoms with van der Waals surface area (Å²) in [7, 11) is 0. The quantitative estimate of drug-likeness (QED) is 0.691. The van der Waals surface area contributed by atoms with Crippen molar-refractivity contribution >= 4 is 0 Å². The van der Waals surface area contributed by atoms with Crippen LogP contribution in [0.1, 0.15) is 36.8 Å². The molecule has 0 spiro atoms. The third-order valence-electron chi connectivity index (χ3n) is 3.09. The van der Waals surface area contributed by atoms with Crippen LogP contribution in [0, 0.1) is 5.92 Å². The maximum atomic E-state index is 12.7. The Bertz CT molecular complexity index is 350. The topological polar surface area (TPSA) is 0 Å². The average molecular weight is 214 g/mol. The van der Waals surface area contributed by atoms with Gasteiger partial charge in [-0.15, -0.1) is 0 Å². The fourth-order valence-electron chi connectivity index (χ4n) is 2.00. The molecule has 1 unspecified atom stereocenters. The number of hydrogen-bond donors (Lipinski definition) is 0. The van der Waals surface area contributed by atoms with Crippen LogP contribution in [0.25, 0.3) is 0 Å². The van der Waals surface area contributed by atoms with Gasteiger partial charge in [-0.1, -0.05) is 25.1 Å².